The Kier molecular flexibility index (Phi) is 5.73. The summed E-state index contributed by atoms with van der Waals surface area (Å²) >= 11 is 1.85. The first-order valence-electron chi connectivity index (χ1n) is 11.9. The van der Waals surface area contributed by atoms with Crippen LogP contribution in [0.5, 0.6) is 0 Å². The summed E-state index contributed by atoms with van der Waals surface area (Å²) in [4.78, 5) is 24.8. The van der Waals surface area contributed by atoms with Gasteiger partial charge in [0.2, 0.25) is 11.9 Å². The van der Waals surface area contributed by atoms with Crippen molar-refractivity contribution in [3.63, 3.8) is 0 Å². The van der Waals surface area contributed by atoms with Crippen LogP contribution in [0.4, 0.5) is 5.95 Å². The first-order valence-corrected chi connectivity index (χ1v) is 13.1. The van der Waals surface area contributed by atoms with Gasteiger partial charge in [-0.1, -0.05) is 30.3 Å². The number of para-hydroxylation sites is 3. The molecule has 0 unspecified atom stereocenters. The molecule has 0 radical (unpaired) electrons. The van der Waals surface area contributed by atoms with E-state index in [1.807, 2.05) is 16.7 Å². The van der Waals surface area contributed by atoms with E-state index in [1.165, 1.54) is 0 Å². The lowest BCUT2D eigenvalue weighted by Gasteiger charge is -2.38. The minimum Gasteiger partial charge on any atom is -0.339 e. The van der Waals surface area contributed by atoms with Gasteiger partial charge in [0.25, 0.3) is 0 Å². The average Bonchev–Trinajstić information content (AvgIpc) is 3.64. The Morgan fingerprint density at radius 3 is 2.55 bits per heavy atom. The van der Waals surface area contributed by atoms with E-state index in [2.05, 4.69) is 74.3 Å². The van der Waals surface area contributed by atoms with Crippen LogP contribution in [0.3, 0.4) is 0 Å². The summed E-state index contributed by atoms with van der Waals surface area (Å²) in [6.45, 7) is 5.66. The van der Waals surface area contributed by atoms with Crippen LogP contribution in [0.25, 0.3) is 16.7 Å². The van der Waals surface area contributed by atoms with Gasteiger partial charge in [0.15, 0.2) is 0 Å². The number of anilines is 1. The Labute approximate surface area is 198 Å². The summed E-state index contributed by atoms with van der Waals surface area (Å²) in [7, 11) is 0. The number of hydrogen-bond acceptors (Lipinski definition) is 6. The fourth-order valence-corrected chi connectivity index (χ4v) is 6.29. The summed E-state index contributed by atoms with van der Waals surface area (Å²) in [5.74, 6) is 3.23. The highest BCUT2D eigenvalue weighted by atomic mass is 32.2. The largest absolute Gasteiger partial charge is 0.339 e. The van der Waals surface area contributed by atoms with Crippen molar-refractivity contribution < 1.29 is 4.79 Å². The molecular weight excluding hydrogens is 432 g/mol. The van der Waals surface area contributed by atoms with Crippen molar-refractivity contribution in [3.05, 3.63) is 54.6 Å². The van der Waals surface area contributed by atoms with Crippen LogP contribution in [0.1, 0.15) is 6.42 Å². The molecule has 8 heteroatoms. The zero-order valence-electron chi connectivity index (χ0n) is 18.8. The van der Waals surface area contributed by atoms with Crippen molar-refractivity contribution in [1.29, 1.82) is 0 Å². The van der Waals surface area contributed by atoms with Gasteiger partial charge in [0.1, 0.15) is 0 Å². The van der Waals surface area contributed by atoms with Gasteiger partial charge in [-0.25, -0.2) is 4.98 Å². The van der Waals surface area contributed by atoms with Crippen molar-refractivity contribution in [2.24, 2.45) is 0 Å². The van der Waals surface area contributed by atoms with E-state index < -0.39 is 0 Å². The van der Waals surface area contributed by atoms with Crippen LogP contribution < -0.4 is 10.2 Å². The van der Waals surface area contributed by atoms with Gasteiger partial charge in [0, 0.05) is 56.8 Å². The molecule has 2 atom stereocenters. The SMILES string of the molecule is O=C([C@@H]1C[C@H](N2CCN(c3nc4ccccc4n3-c3ccccc3)CC2)CN1)N1CCSC1. The third kappa shape index (κ3) is 4.00. The van der Waals surface area contributed by atoms with Crippen LogP contribution in [-0.4, -0.2) is 88.2 Å². The van der Waals surface area contributed by atoms with E-state index >= 15 is 0 Å². The maximum Gasteiger partial charge on any atom is 0.240 e. The Bertz CT molecular complexity index is 1120. The van der Waals surface area contributed by atoms with Crippen molar-refractivity contribution in [2.45, 2.75) is 18.5 Å². The lowest BCUT2D eigenvalue weighted by Crippen LogP contribution is -2.51. The number of nitrogens with one attached hydrogen (secondary N) is 1. The third-order valence-electron chi connectivity index (χ3n) is 7.14. The van der Waals surface area contributed by atoms with Gasteiger partial charge >= 0.3 is 0 Å². The smallest absolute Gasteiger partial charge is 0.240 e. The van der Waals surface area contributed by atoms with Crippen LogP contribution in [-0.2, 0) is 4.79 Å². The van der Waals surface area contributed by atoms with E-state index in [4.69, 9.17) is 4.98 Å². The van der Waals surface area contributed by atoms with Crippen molar-refractivity contribution in [1.82, 2.24) is 24.7 Å². The molecule has 6 rings (SSSR count). The molecule has 2 aromatic carbocycles. The highest BCUT2D eigenvalue weighted by Crippen LogP contribution is 2.28. The molecule has 4 heterocycles. The number of carbonyl (C=O) groups excluding carboxylic acids is 1. The molecule has 1 N–H and O–H groups in total. The molecule has 0 aliphatic carbocycles. The molecule has 3 fully saturated rings. The Morgan fingerprint density at radius 1 is 0.970 bits per heavy atom. The van der Waals surface area contributed by atoms with Gasteiger partial charge < -0.3 is 15.1 Å². The number of amides is 1. The number of fused-ring (bicyclic) bond motifs is 1. The molecule has 172 valence electrons. The lowest BCUT2D eigenvalue weighted by atomic mass is 10.1. The van der Waals surface area contributed by atoms with Crippen LogP contribution >= 0.6 is 11.8 Å². The first kappa shape index (κ1) is 21.0. The molecule has 3 aliphatic heterocycles. The molecule has 3 aliphatic rings. The fourth-order valence-electron chi connectivity index (χ4n) is 5.34. The predicted octanol–water partition coefficient (Wildman–Crippen LogP) is 2.41. The zero-order valence-corrected chi connectivity index (χ0v) is 19.6. The van der Waals surface area contributed by atoms with Crippen LogP contribution in [0.2, 0.25) is 0 Å². The number of hydrogen-bond donors (Lipinski definition) is 1. The minimum atomic E-state index is -0.0194. The lowest BCUT2D eigenvalue weighted by molar-refractivity contribution is -0.131. The Balaban J connectivity index is 1.16. The van der Waals surface area contributed by atoms with Gasteiger partial charge in [0.05, 0.1) is 23.0 Å². The van der Waals surface area contributed by atoms with Crippen LogP contribution in [0, 0.1) is 0 Å². The molecule has 7 nitrogen and oxygen atoms in total. The number of imidazole rings is 1. The minimum absolute atomic E-state index is 0.0194. The normalized spacial score (nSPS) is 24.1. The zero-order chi connectivity index (χ0) is 22.2. The molecule has 0 spiro atoms. The number of thioether (sulfide) groups is 1. The van der Waals surface area contributed by atoms with Crippen molar-refractivity contribution >= 4 is 34.7 Å². The second kappa shape index (κ2) is 9.00. The van der Waals surface area contributed by atoms with Gasteiger partial charge in [-0.2, -0.15) is 0 Å². The van der Waals surface area contributed by atoms with E-state index in [-0.39, 0.29) is 11.9 Å². The van der Waals surface area contributed by atoms with Crippen molar-refractivity contribution in [2.75, 3.05) is 55.8 Å². The highest BCUT2D eigenvalue weighted by Gasteiger charge is 2.37. The summed E-state index contributed by atoms with van der Waals surface area (Å²) in [5.41, 5.74) is 3.31. The van der Waals surface area contributed by atoms with E-state index in [9.17, 15) is 4.79 Å². The molecular formula is C25H30N6OS. The van der Waals surface area contributed by atoms with E-state index in [0.717, 1.165) is 80.0 Å². The average molecular weight is 463 g/mol. The number of rotatable bonds is 4. The summed E-state index contributed by atoms with van der Waals surface area (Å²) < 4.78 is 2.28. The molecule has 3 aromatic rings. The molecule has 0 bridgehead atoms. The standard InChI is InChI=1S/C25H30N6OS/c32-24(30-14-15-33-18-30)22-16-20(17-26-22)28-10-12-29(13-11-28)25-27-21-8-4-5-9-23(21)31(25)19-6-2-1-3-7-19/h1-9,20,22,26H,10-18H2/t20-,22-/m0/s1. The second-order valence-electron chi connectivity index (χ2n) is 9.08. The number of nitrogens with zero attached hydrogens (tertiary/aromatic N) is 5. The van der Waals surface area contributed by atoms with Gasteiger partial charge in [-0.3, -0.25) is 14.3 Å². The highest BCUT2D eigenvalue weighted by molar-refractivity contribution is 7.99. The number of aromatic nitrogens is 2. The number of benzene rings is 2. The number of carbonyl (C=O) groups is 1. The summed E-state index contributed by atoms with van der Waals surface area (Å²) in [6.07, 6.45) is 0.919. The summed E-state index contributed by atoms with van der Waals surface area (Å²) in [5, 5.41) is 3.50. The molecule has 0 saturated carbocycles. The van der Waals surface area contributed by atoms with Gasteiger partial charge in [-0.05, 0) is 30.7 Å². The van der Waals surface area contributed by atoms with Crippen molar-refractivity contribution in [3.8, 4) is 5.69 Å². The third-order valence-corrected chi connectivity index (χ3v) is 8.11. The Hall–Kier alpha value is -2.55. The van der Waals surface area contributed by atoms with Crippen LogP contribution in [0.15, 0.2) is 54.6 Å². The quantitative estimate of drug-likeness (QED) is 0.643. The predicted molar refractivity (Wildman–Crippen MR) is 134 cm³/mol. The maximum absolute atomic E-state index is 12.8. The van der Waals surface area contributed by atoms with Gasteiger partial charge in [-0.15, -0.1) is 11.8 Å². The Morgan fingerprint density at radius 2 is 1.76 bits per heavy atom. The maximum atomic E-state index is 12.8. The van der Waals surface area contributed by atoms with E-state index in [0.29, 0.717) is 6.04 Å². The van der Waals surface area contributed by atoms with E-state index in [1.54, 1.807) is 0 Å². The molecule has 1 aromatic heterocycles. The second-order valence-corrected chi connectivity index (χ2v) is 10.2. The topological polar surface area (TPSA) is 56.6 Å². The number of piperazine rings is 1. The summed E-state index contributed by atoms with van der Waals surface area (Å²) in [6, 6.07) is 19.3. The molecule has 1 amide bonds. The monoisotopic (exact) mass is 462 g/mol. The molecule has 3 saturated heterocycles. The first-order chi connectivity index (χ1) is 16.3. The molecule has 33 heavy (non-hydrogen) atoms. The fraction of sp³-hybridized carbons (Fsp3) is 0.440.